The van der Waals surface area contributed by atoms with E-state index in [4.69, 9.17) is 4.74 Å². The maximum Gasteiger partial charge on any atom is 0.0779 e. The van der Waals surface area contributed by atoms with Crippen molar-refractivity contribution < 1.29 is 4.74 Å². The smallest absolute Gasteiger partial charge is 0.0779 e. The first-order valence-electron chi connectivity index (χ1n) is 6.34. The Kier molecular flexibility index (Phi) is 4.00. The van der Waals surface area contributed by atoms with E-state index in [9.17, 15) is 0 Å². The summed E-state index contributed by atoms with van der Waals surface area (Å²) in [5.74, 6) is 0.987. The van der Waals surface area contributed by atoms with Gasteiger partial charge in [-0.3, -0.25) is 0 Å². The highest BCUT2D eigenvalue weighted by Crippen LogP contribution is 2.27. The molecule has 0 aromatic carbocycles. The van der Waals surface area contributed by atoms with Gasteiger partial charge in [0.15, 0.2) is 0 Å². The van der Waals surface area contributed by atoms with Crippen LogP contribution in [0, 0.1) is 5.92 Å². The van der Waals surface area contributed by atoms with Gasteiger partial charge in [0.05, 0.1) is 5.60 Å². The van der Waals surface area contributed by atoms with Gasteiger partial charge in [0.25, 0.3) is 0 Å². The van der Waals surface area contributed by atoms with Gasteiger partial charge in [0.2, 0.25) is 0 Å². The second kappa shape index (κ2) is 5.28. The van der Waals surface area contributed by atoms with Crippen molar-refractivity contribution in [1.29, 1.82) is 0 Å². The predicted molar refractivity (Wildman–Crippen MR) is 62.1 cm³/mol. The molecule has 3 heteroatoms. The Balaban J connectivity index is 1.43. The second-order valence-electron chi connectivity index (χ2n) is 5.23. The Morgan fingerprint density at radius 2 is 2.07 bits per heavy atom. The third-order valence-electron chi connectivity index (χ3n) is 3.41. The Morgan fingerprint density at radius 1 is 1.27 bits per heavy atom. The zero-order valence-corrected chi connectivity index (χ0v) is 9.85. The van der Waals surface area contributed by atoms with Crippen LogP contribution in [0.3, 0.4) is 0 Å². The highest BCUT2D eigenvalue weighted by atomic mass is 16.5. The summed E-state index contributed by atoms with van der Waals surface area (Å²) < 4.78 is 5.71. The molecule has 1 saturated carbocycles. The van der Waals surface area contributed by atoms with Crippen molar-refractivity contribution >= 4 is 0 Å². The summed E-state index contributed by atoms with van der Waals surface area (Å²) in [5.41, 5.74) is 0.108. The third kappa shape index (κ3) is 4.09. The molecule has 0 spiro atoms. The van der Waals surface area contributed by atoms with E-state index in [-0.39, 0.29) is 5.60 Å². The van der Waals surface area contributed by atoms with Crippen LogP contribution in [0.15, 0.2) is 0 Å². The first-order valence-corrected chi connectivity index (χ1v) is 6.34. The van der Waals surface area contributed by atoms with E-state index in [0.29, 0.717) is 0 Å². The number of rotatable bonds is 7. The van der Waals surface area contributed by atoms with Crippen molar-refractivity contribution in [2.24, 2.45) is 5.92 Å². The quantitative estimate of drug-likeness (QED) is 0.621. The van der Waals surface area contributed by atoms with Crippen molar-refractivity contribution in [1.82, 2.24) is 10.6 Å². The van der Waals surface area contributed by atoms with Crippen LogP contribution in [0.25, 0.3) is 0 Å². The molecule has 0 bridgehead atoms. The van der Waals surface area contributed by atoms with Crippen LogP contribution >= 0.6 is 0 Å². The van der Waals surface area contributed by atoms with Gasteiger partial charge in [0, 0.05) is 26.2 Å². The molecule has 1 heterocycles. The molecule has 1 atom stereocenters. The Morgan fingerprint density at radius 3 is 2.73 bits per heavy atom. The van der Waals surface area contributed by atoms with Crippen LogP contribution in [-0.4, -0.2) is 38.4 Å². The second-order valence-corrected chi connectivity index (χ2v) is 5.23. The van der Waals surface area contributed by atoms with E-state index in [1.807, 2.05) is 0 Å². The van der Waals surface area contributed by atoms with E-state index < -0.39 is 0 Å². The number of ether oxygens (including phenoxy) is 1. The highest BCUT2D eigenvalue weighted by molar-refractivity contribution is 4.82. The molecule has 2 fully saturated rings. The summed E-state index contributed by atoms with van der Waals surface area (Å²) >= 11 is 0. The molecule has 0 aromatic rings. The van der Waals surface area contributed by atoms with Crippen molar-refractivity contribution in [3.05, 3.63) is 0 Å². The lowest BCUT2D eigenvalue weighted by molar-refractivity contribution is 0.0211. The molecule has 1 saturated heterocycles. The van der Waals surface area contributed by atoms with Crippen LogP contribution in [0.4, 0.5) is 0 Å². The first-order chi connectivity index (χ1) is 7.29. The minimum atomic E-state index is 0.108. The minimum Gasteiger partial charge on any atom is -0.374 e. The SMILES string of the molecule is CC1(CNCCNCC2CC2)CCCO1. The van der Waals surface area contributed by atoms with Crippen molar-refractivity contribution in [3.63, 3.8) is 0 Å². The molecule has 0 aromatic heterocycles. The van der Waals surface area contributed by atoms with E-state index in [2.05, 4.69) is 17.6 Å². The molecule has 1 aliphatic carbocycles. The lowest BCUT2D eigenvalue weighted by Crippen LogP contribution is -2.40. The average molecular weight is 212 g/mol. The summed E-state index contributed by atoms with van der Waals surface area (Å²) in [7, 11) is 0. The van der Waals surface area contributed by atoms with Gasteiger partial charge in [0.1, 0.15) is 0 Å². The van der Waals surface area contributed by atoms with Crippen LogP contribution in [0.5, 0.6) is 0 Å². The van der Waals surface area contributed by atoms with E-state index in [1.54, 1.807) is 0 Å². The van der Waals surface area contributed by atoms with Crippen LogP contribution < -0.4 is 10.6 Å². The molecule has 0 amide bonds. The molecule has 15 heavy (non-hydrogen) atoms. The molecule has 1 aliphatic heterocycles. The third-order valence-corrected chi connectivity index (χ3v) is 3.41. The predicted octanol–water partition coefficient (Wildman–Crippen LogP) is 1.14. The lowest BCUT2D eigenvalue weighted by atomic mass is 10.0. The largest absolute Gasteiger partial charge is 0.374 e. The van der Waals surface area contributed by atoms with Gasteiger partial charge in [-0.05, 0) is 45.1 Å². The number of hydrogen-bond donors (Lipinski definition) is 2. The molecule has 2 N–H and O–H groups in total. The van der Waals surface area contributed by atoms with Crippen LogP contribution in [0.1, 0.15) is 32.6 Å². The molecular weight excluding hydrogens is 188 g/mol. The standard InChI is InChI=1S/C12H24N2O/c1-12(5-2-8-15-12)10-14-7-6-13-9-11-3-4-11/h11,13-14H,2-10H2,1H3. The topological polar surface area (TPSA) is 33.3 Å². The molecule has 0 radical (unpaired) electrons. The fourth-order valence-corrected chi connectivity index (χ4v) is 2.13. The molecular formula is C12H24N2O. The summed E-state index contributed by atoms with van der Waals surface area (Å²) in [6.07, 6.45) is 5.30. The number of nitrogens with one attached hydrogen (secondary N) is 2. The Bertz CT molecular complexity index is 186. The average Bonchev–Trinajstić information content (AvgIpc) is 2.95. The van der Waals surface area contributed by atoms with E-state index in [1.165, 1.54) is 32.2 Å². The molecule has 2 rings (SSSR count). The van der Waals surface area contributed by atoms with Gasteiger partial charge in [-0.15, -0.1) is 0 Å². The zero-order valence-electron chi connectivity index (χ0n) is 9.85. The summed E-state index contributed by atoms with van der Waals surface area (Å²) in [6, 6.07) is 0. The van der Waals surface area contributed by atoms with E-state index >= 15 is 0 Å². The van der Waals surface area contributed by atoms with Crippen LogP contribution in [-0.2, 0) is 4.74 Å². The van der Waals surface area contributed by atoms with Gasteiger partial charge in [-0.25, -0.2) is 0 Å². The molecule has 1 unspecified atom stereocenters. The normalized spacial score (nSPS) is 31.0. The van der Waals surface area contributed by atoms with Crippen LogP contribution in [0.2, 0.25) is 0 Å². The molecule has 3 nitrogen and oxygen atoms in total. The number of hydrogen-bond acceptors (Lipinski definition) is 3. The maximum atomic E-state index is 5.71. The van der Waals surface area contributed by atoms with Crippen molar-refractivity contribution in [2.75, 3.05) is 32.8 Å². The van der Waals surface area contributed by atoms with Gasteiger partial charge in [-0.2, -0.15) is 0 Å². The Labute approximate surface area is 93.0 Å². The van der Waals surface area contributed by atoms with Crippen molar-refractivity contribution in [3.8, 4) is 0 Å². The summed E-state index contributed by atoms with van der Waals surface area (Å²) in [6.45, 7) is 7.52. The van der Waals surface area contributed by atoms with Gasteiger partial charge < -0.3 is 15.4 Å². The Hall–Kier alpha value is -0.120. The highest BCUT2D eigenvalue weighted by Gasteiger charge is 2.28. The van der Waals surface area contributed by atoms with Gasteiger partial charge >= 0.3 is 0 Å². The fourth-order valence-electron chi connectivity index (χ4n) is 2.13. The van der Waals surface area contributed by atoms with E-state index in [0.717, 1.165) is 32.2 Å². The summed E-state index contributed by atoms with van der Waals surface area (Å²) in [5, 5.41) is 6.96. The van der Waals surface area contributed by atoms with Crippen molar-refractivity contribution in [2.45, 2.75) is 38.2 Å². The molecule has 88 valence electrons. The lowest BCUT2D eigenvalue weighted by Gasteiger charge is -2.23. The van der Waals surface area contributed by atoms with Gasteiger partial charge in [-0.1, -0.05) is 0 Å². The summed E-state index contributed by atoms with van der Waals surface area (Å²) in [4.78, 5) is 0. The zero-order chi connectivity index (χ0) is 10.6. The monoisotopic (exact) mass is 212 g/mol. The maximum absolute atomic E-state index is 5.71. The fraction of sp³-hybridized carbons (Fsp3) is 1.00. The first kappa shape index (κ1) is 11.4. The molecule has 2 aliphatic rings. The minimum absolute atomic E-state index is 0.108.